The Morgan fingerprint density at radius 2 is 1.96 bits per heavy atom. The summed E-state index contributed by atoms with van der Waals surface area (Å²) in [5, 5.41) is 7.04. The van der Waals surface area contributed by atoms with Gasteiger partial charge in [-0.3, -0.25) is 4.99 Å². The largest absolute Gasteiger partial charge is 0.355 e. The molecule has 0 heterocycles. The van der Waals surface area contributed by atoms with Crippen LogP contribution in [0.4, 0.5) is 0 Å². The first-order valence-corrected chi connectivity index (χ1v) is 9.51. The number of sulfonamides is 1. The number of halogens is 1. The Bertz CT molecular complexity index is 659. The number of aliphatic imine (C=N–C) groups is 1. The van der Waals surface area contributed by atoms with Crippen molar-refractivity contribution in [2.45, 2.75) is 32.4 Å². The van der Waals surface area contributed by atoms with Crippen LogP contribution in [-0.2, 0) is 10.0 Å². The second-order valence-electron chi connectivity index (χ2n) is 6.07. The third-order valence-corrected chi connectivity index (χ3v) is 4.38. The highest BCUT2D eigenvalue weighted by atomic mass is 35.5. The molecule has 130 valence electrons. The molecule has 0 saturated carbocycles. The van der Waals surface area contributed by atoms with Crippen LogP contribution in [0.25, 0.3) is 0 Å². The quantitative estimate of drug-likeness (QED) is 0.534. The van der Waals surface area contributed by atoms with E-state index in [1.807, 2.05) is 31.2 Å². The number of hydrogen-bond donors (Lipinski definition) is 3. The highest BCUT2D eigenvalue weighted by Gasteiger charge is 2.22. The molecule has 1 aromatic rings. The summed E-state index contributed by atoms with van der Waals surface area (Å²) < 4.78 is 25.3. The zero-order valence-corrected chi connectivity index (χ0v) is 15.7. The summed E-state index contributed by atoms with van der Waals surface area (Å²) in [6.07, 6.45) is 1.14. The SMILES string of the molecule is CN=C(NCC(C)(C)NS(C)(=O)=O)NC(C)c1ccccc1Cl. The minimum atomic E-state index is -3.28. The predicted molar refractivity (Wildman–Crippen MR) is 96.4 cm³/mol. The zero-order valence-electron chi connectivity index (χ0n) is 14.1. The zero-order chi connectivity index (χ0) is 17.7. The molecule has 0 aromatic heterocycles. The van der Waals surface area contributed by atoms with Crippen LogP contribution in [0.15, 0.2) is 29.3 Å². The number of rotatable bonds is 6. The van der Waals surface area contributed by atoms with Gasteiger partial charge in [0.15, 0.2) is 5.96 Å². The maximum Gasteiger partial charge on any atom is 0.209 e. The van der Waals surface area contributed by atoms with Crippen LogP contribution in [-0.4, -0.2) is 39.8 Å². The summed E-state index contributed by atoms with van der Waals surface area (Å²) in [6, 6.07) is 7.55. The molecule has 1 atom stereocenters. The van der Waals surface area contributed by atoms with Crippen molar-refractivity contribution in [3.05, 3.63) is 34.9 Å². The number of nitrogens with one attached hydrogen (secondary N) is 3. The first kappa shape index (κ1) is 19.7. The van der Waals surface area contributed by atoms with E-state index in [1.54, 1.807) is 20.9 Å². The minimum Gasteiger partial charge on any atom is -0.355 e. The highest BCUT2D eigenvalue weighted by Crippen LogP contribution is 2.21. The Labute approximate surface area is 143 Å². The summed E-state index contributed by atoms with van der Waals surface area (Å²) in [4.78, 5) is 4.16. The molecule has 0 aliphatic carbocycles. The lowest BCUT2D eigenvalue weighted by atomic mass is 10.1. The normalized spacial score (nSPS) is 14.4. The molecule has 0 amide bonds. The molecule has 3 N–H and O–H groups in total. The van der Waals surface area contributed by atoms with Crippen molar-refractivity contribution in [2.75, 3.05) is 19.8 Å². The van der Waals surface area contributed by atoms with Crippen molar-refractivity contribution < 1.29 is 8.42 Å². The summed E-state index contributed by atoms with van der Waals surface area (Å²) in [5.41, 5.74) is 0.324. The Balaban J connectivity index is 2.67. The van der Waals surface area contributed by atoms with E-state index in [4.69, 9.17) is 11.6 Å². The topological polar surface area (TPSA) is 82.6 Å². The number of guanidine groups is 1. The summed E-state index contributed by atoms with van der Waals surface area (Å²) in [5.74, 6) is 0.570. The maximum absolute atomic E-state index is 11.4. The lowest BCUT2D eigenvalue weighted by Gasteiger charge is -2.27. The smallest absolute Gasteiger partial charge is 0.209 e. The van der Waals surface area contributed by atoms with Gasteiger partial charge in [0.25, 0.3) is 0 Å². The summed E-state index contributed by atoms with van der Waals surface area (Å²) in [7, 11) is -1.62. The lowest BCUT2D eigenvalue weighted by Crippen LogP contribution is -2.53. The molecule has 1 unspecified atom stereocenters. The van der Waals surface area contributed by atoms with Gasteiger partial charge >= 0.3 is 0 Å². The second kappa shape index (κ2) is 7.99. The molecular formula is C15H25ClN4O2S. The van der Waals surface area contributed by atoms with Gasteiger partial charge in [-0.25, -0.2) is 13.1 Å². The van der Waals surface area contributed by atoms with Gasteiger partial charge in [-0.2, -0.15) is 0 Å². The van der Waals surface area contributed by atoms with Crippen LogP contribution in [0.3, 0.4) is 0 Å². The van der Waals surface area contributed by atoms with Crippen LogP contribution in [0.5, 0.6) is 0 Å². The van der Waals surface area contributed by atoms with Gasteiger partial charge in [0, 0.05) is 24.2 Å². The Kier molecular flexibility index (Phi) is 6.85. The van der Waals surface area contributed by atoms with E-state index in [-0.39, 0.29) is 6.04 Å². The Morgan fingerprint density at radius 3 is 2.48 bits per heavy atom. The Hall–Kier alpha value is -1.31. The van der Waals surface area contributed by atoms with E-state index < -0.39 is 15.6 Å². The van der Waals surface area contributed by atoms with Gasteiger partial charge in [0.1, 0.15) is 0 Å². The molecule has 0 aliphatic rings. The van der Waals surface area contributed by atoms with Crippen LogP contribution in [0.2, 0.25) is 5.02 Å². The van der Waals surface area contributed by atoms with Gasteiger partial charge in [-0.1, -0.05) is 29.8 Å². The van der Waals surface area contributed by atoms with Gasteiger partial charge in [0.2, 0.25) is 10.0 Å². The molecule has 23 heavy (non-hydrogen) atoms. The third-order valence-electron chi connectivity index (χ3n) is 3.11. The molecule has 0 bridgehead atoms. The number of benzene rings is 1. The van der Waals surface area contributed by atoms with E-state index in [0.717, 1.165) is 11.8 Å². The molecule has 0 saturated heterocycles. The molecule has 8 heteroatoms. The monoisotopic (exact) mass is 360 g/mol. The van der Waals surface area contributed by atoms with Gasteiger partial charge in [-0.05, 0) is 32.4 Å². The standard InChI is InChI=1S/C15H25ClN4O2S/c1-11(12-8-6-7-9-13(12)16)19-14(17-4)18-10-15(2,3)20-23(5,21)22/h6-9,11,20H,10H2,1-5H3,(H2,17,18,19). The summed E-state index contributed by atoms with van der Waals surface area (Å²) in [6.45, 7) is 5.96. The molecule has 1 aromatic carbocycles. The van der Waals surface area contributed by atoms with Crippen LogP contribution in [0.1, 0.15) is 32.4 Å². The van der Waals surface area contributed by atoms with E-state index in [2.05, 4.69) is 20.3 Å². The van der Waals surface area contributed by atoms with Crippen molar-refractivity contribution >= 4 is 27.6 Å². The highest BCUT2D eigenvalue weighted by molar-refractivity contribution is 7.88. The minimum absolute atomic E-state index is 0.0409. The predicted octanol–water partition coefficient (Wildman–Crippen LogP) is 1.89. The van der Waals surface area contributed by atoms with E-state index in [9.17, 15) is 8.42 Å². The maximum atomic E-state index is 11.4. The van der Waals surface area contributed by atoms with Crippen molar-refractivity contribution in [3.8, 4) is 0 Å². The van der Waals surface area contributed by atoms with Gasteiger partial charge < -0.3 is 10.6 Å². The number of hydrogen-bond acceptors (Lipinski definition) is 3. The molecule has 0 fully saturated rings. The van der Waals surface area contributed by atoms with Crippen molar-refractivity contribution in [1.82, 2.24) is 15.4 Å². The molecule has 1 rings (SSSR count). The summed E-state index contributed by atoms with van der Waals surface area (Å²) >= 11 is 6.19. The first-order valence-electron chi connectivity index (χ1n) is 7.24. The first-order chi connectivity index (χ1) is 10.5. The van der Waals surface area contributed by atoms with Gasteiger partial charge in [0.05, 0.1) is 12.3 Å². The fourth-order valence-electron chi connectivity index (χ4n) is 2.15. The van der Waals surface area contributed by atoms with E-state index in [1.165, 1.54) is 0 Å². The second-order valence-corrected chi connectivity index (χ2v) is 8.23. The Morgan fingerprint density at radius 1 is 1.35 bits per heavy atom. The number of nitrogens with zero attached hydrogens (tertiary/aromatic N) is 1. The van der Waals surface area contributed by atoms with E-state index >= 15 is 0 Å². The van der Waals surface area contributed by atoms with Gasteiger partial charge in [-0.15, -0.1) is 0 Å². The molecule has 0 aliphatic heterocycles. The lowest BCUT2D eigenvalue weighted by molar-refractivity contribution is 0.445. The fourth-order valence-corrected chi connectivity index (χ4v) is 3.52. The van der Waals surface area contributed by atoms with Crippen molar-refractivity contribution in [1.29, 1.82) is 0 Å². The molecule has 0 radical (unpaired) electrons. The van der Waals surface area contributed by atoms with Crippen molar-refractivity contribution in [2.24, 2.45) is 4.99 Å². The fraction of sp³-hybridized carbons (Fsp3) is 0.533. The third kappa shape index (κ3) is 7.20. The molecule has 6 nitrogen and oxygen atoms in total. The van der Waals surface area contributed by atoms with E-state index in [0.29, 0.717) is 17.5 Å². The molecule has 0 spiro atoms. The van der Waals surface area contributed by atoms with Crippen LogP contribution < -0.4 is 15.4 Å². The molecular weight excluding hydrogens is 336 g/mol. The van der Waals surface area contributed by atoms with Crippen molar-refractivity contribution in [3.63, 3.8) is 0 Å². The van der Waals surface area contributed by atoms with Crippen LogP contribution in [0, 0.1) is 0 Å². The van der Waals surface area contributed by atoms with Crippen LogP contribution >= 0.6 is 11.6 Å². The average Bonchev–Trinajstić information content (AvgIpc) is 2.41. The average molecular weight is 361 g/mol.